The third-order valence-corrected chi connectivity index (χ3v) is 7.03. The number of hydrogen-bond acceptors (Lipinski definition) is 2. The van der Waals surface area contributed by atoms with E-state index in [9.17, 15) is 23.1 Å². The van der Waals surface area contributed by atoms with Crippen molar-refractivity contribution >= 4 is 5.91 Å². The Labute approximate surface area is 145 Å². The van der Waals surface area contributed by atoms with E-state index >= 15 is 0 Å². The van der Waals surface area contributed by atoms with Gasteiger partial charge in [0.15, 0.2) is 0 Å². The lowest BCUT2D eigenvalue weighted by Gasteiger charge is -2.41. The minimum atomic E-state index is -5.10. The highest BCUT2D eigenvalue weighted by atomic mass is 19.4. The van der Waals surface area contributed by atoms with Gasteiger partial charge in [-0.2, -0.15) is 13.2 Å². The maximum atomic E-state index is 13.6. The molecule has 2 fully saturated rings. The highest BCUT2D eigenvalue weighted by molar-refractivity contribution is 5.87. The zero-order valence-corrected chi connectivity index (χ0v) is 14.7. The molecule has 6 heteroatoms. The van der Waals surface area contributed by atoms with E-state index < -0.39 is 23.2 Å². The first-order valence-electron chi connectivity index (χ1n) is 8.60. The normalized spacial score (nSPS) is 33.1. The molecule has 138 valence electrons. The molecule has 4 atom stereocenters. The van der Waals surface area contributed by atoms with Gasteiger partial charge in [0.1, 0.15) is 0 Å². The monoisotopic (exact) mass is 355 g/mol. The summed E-state index contributed by atoms with van der Waals surface area (Å²) in [7, 11) is 0. The van der Waals surface area contributed by atoms with Crippen LogP contribution in [-0.2, 0) is 10.4 Å². The number of benzene rings is 1. The van der Waals surface area contributed by atoms with Gasteiger partial charge in [0, 0.05) is 11.6 Å². The quantitative estimate of drug-likeness (QED) is 0.867. The van der Waals surface area contributed by atoms with Crippen molar-refractivity contribution in [2.45, 2.75) is 57.9 Å². The number of halogens is 3. The van der Waals surface area contributed by atoms with Gasteiger partial charge in [0.25, 0.3) is 11.5 Å². The smallest absolute Gasteiger partial charge is 0.369 e. The first-order valence-corrected chi connectivity index (χ1v) is 8.60. The van der Waals surface area contributed by atoms with Crippen LogP contribution < -0.4 is 5.32 Å². The fraction of sp³-hybridized carbons (Fsp3) is 0.632. The fourth-order valence-corrected chi connectivity index (χ4v) is 4.79. The molecule has 0 radical (unpaired) electrons. The van der Waals surface area contributed by atoms with Crippen LogP contribution in [0.25, 0.3) is 0 Å². The van der Waals surface area contributed by atoms with E-state index in [4.69, 9.17) is 0 Å². The molecule has 3 nitrogen and oxygen atoms in total. The summed E-state index contributed by atoms with van der Waals surface area (Å²) in [6.45, 7) is 6.26. The van der Waals surface area contributed by atoms with Gasteiger partial charge in [0.05, 0.1) is 0 Å². The Morgan fingerprint density at radius 2 is 1.80 bits per heavy atom. The minimum Gasteiger partial charge on any atom is -0.369 e. The molecule has 0 heterocycles. The van der Waals surface area contributed by atoms with E-state index in [1.807, 2.05) is 6.92 Å². The molecule has 3 rings (SSSR count). The SMILES string of the molecule is CC1(C)[C@@H]2CC[C@@]1(C)[C@H](NC(=O)[C@](O)(c1ccccc1)C(F)(F)F)C2. The Balaban J connectivity index is 1.91. The predicted molar refractivity (Wildman–Crippen MR) is 87.6 cm³/mol. The number of carbonyl (C=O) groups excluding carboxylic acids is 1. The Bertz CT molecular complexity index is 673. The van der Waals surface area contributed by atoms with E-state index in [1.54, 1.807) is 0 Å². The van der Waals surface area contributed by atoms with Crippen molar-refractivity contribution in [1.29, 1.82) is 0 Å². The standard InChI is InChI=1S/C19H24F3NO2/c1-16(2)13-9-10-17(16,3)14(11-13)23-15(24)18(25,19(20,21)22)12-7-5-4-6-8-12/h4-8,13-14,25H,9-11H2,1-3H3,(H,23,24)/t13-,14-,17+,18-/m1/s1. The largest absolute Gasteiger partial charge is 0.430 e. The van der Waals surface area contributed by atoms with Crippen LogP contribution in [0.5, 0.6) is 0 Å². The van der Waals surface area contributed by atoms with Crippen LogP contribution in [0.2, 0.25) is 0 Å². The first kappa shape index (κ1) is 18.2. The number of aliphatic hydroxyl groups is 1. The third kappa shape index (κ3) is 2.40. The molecule has 1 amide bonds. The van der Waals surface area contributed by atoms with Gasteiger partial charge in [-0.3, -0.25) is 4.79 Å². The van der Waals surface area contributed by atoms with E-state index in [2.05, 4.69) is 19.2 Å². The predicted octanol–water partition coefficient (Wildman–Crippen LogP) is 3.77. The average molecular weight is 355 g/mol. The fourth-order valence-electron chi connectivity index (χ4n) is 4.79. The molecule has 0 unspecified atom stereocenters. The lowest BCUT2D eigenvalue weighted by Crippen LogP contribution is -2.58. The Morgan fingerprint density at radius 1 is 1.20 bits per heavy atom. The van der Waals surface area contributed by atoms with Crippen LogP contribution >= 0.6 is 0 Å². The second-order valence-electron chi connectivity index (χ2n) is 8.21. The van der Waals surface area contributed by atoms with Crippen LogP contribution in [0.4, 0.5) is 13.2 Å². The van der Waals surface area contributed by atoms with Crippen LogP contribution in [0.1, 0.15) is 45.6 Å². The van der Waals surface area contributed by atoms with Gasteiger partial charge in [-0.05, 0) is 36.0 Å². The van der Waals surface area contributed by atoms with Crippen molar-refractivity contribution in [2.24, 2.45) is 16.7 Å². The molecule has 0 spiro atoms. The summed E-state index contributed by atoms with van der Waals surface area (Å²) in [6.07, 6.45) is -2.56. The Hall–Kier alpha value is -1.56. The van der Waals surface area contributed by atoms with Crippen LogP contribution in [-0.4, -0.2) is 23.2 Å². The zero-order valence-electron chi connectivity index (χ0n) is 14.7. The number of nitrogens with one attached hydrogen (secondary N) is 1. The average Bonchev–Trinajstić information content (AvgIpc) is 2.87. The third-order valence-electron chi connectivity index (χ3n) is 7.03. The summed E-state index contributed by atoms with van der Waals surface area (Å²) in [5, 5.41) is 12.9. The molecule has 2 aliphatic carbocycles. The van der Waals surface area contributed by atoms with Gasteiger partial charge < -0.3 is 10.4 Å². The topological polar surface area (TPSA) is 49.3 Å². The summed E-state index contributed by atoms with van der Waals surface area (Å²) >= 11 is 0. The van der Waals surface area contributed by atoms with Crippen molar-refractivity contribution in [3.05, 3.63) is 35.9 Å². The molecule has 2 N–H and O–H groups in total. The van der Waals surface area contributed by atoms with Crippen LogP contribution in [0.15, 0.2) is 30.3 Å². The number of fused-ring (bicyclic) bond motifs is 2. The molecule has 2 saturated carbocycles. The minimum absolute atomic E-state index is 0.0476. The second kappa shape index (κ2) is 5.47. The molecule has 2 aliphatic rings. The van der Waals surface area contributed by atoms with E-state index in [1.165, 1.54) is 18.2 Å². The first-order chi connectivity index (χ1) is 11.4. The molecular weight excluding hydrogens is 331 g/mol. The highest BCUT2D eigenvalue weighted by Gasteiger charge is 2.65. The van der Waals surface area contributed by atoms with E-state index in [0.29, 0.717) is 12.3 Å². The van der Waals surface area contributed by atoms with E-state index in [0.717, 1.165) is 25.0 Å². The number of hydrogen-bond donors (Lipinski definition) is 2. The van der Waals surface area contributed by atoms with Crippen molar-refractivity contribution in [3.63, 3.8) is 0 Å². The van der Waals surface area contributed by atoms with Crippen LogP contribution in [0, 0.1) is 16.7 Å². The second-order valence-corrected chi connectivity index (χ2v) is 8.21. The number of amides is 1. The zero-order chi connectivity index (χ0) is 18.7. The molecular formula is C19H24F3NO2. The van der Waals surface area contributed by atoms with Gasteiger partial charge in [-0.1, -0.05) is 51.1 Å². The molecule has 1 aromatic carbocycles. The summed E-state index contributed by atoms with van der Waals surface area (Å²) < 4.78 is 40.9. The van der Waals surface area contributed by atoms with Gasteiger partial charge in [-0.25, -0.2) is 0 Å². The molecule has 1 aromatic rings. The number of carbonyl (C=O) groups is 1. The lowest BCUT2D eigenvalue weighted by atomic mass is 9.69. The van der Waals surface area contributed by atoms with Crippen molar-refractivity contribution in [2.75, 3.05) is 0 Å². The summed E-state index contributed by atoms with van der Waals surface area (Å²) in [6, 6.07) is 6.17. The molecule has 0 saturated heterocycles. The highest BCUT2D eigenvalue weighted by Crippen LogP contribution is 2.65. The maximum Gasteiger partial charge on any atom is 0.430 e. The maximum absolute atomic E-state index is 13.6. The van der Waals surface area contributed by atoms with Gasteiger partial charge >= 0.3 is 6.18 Å². The van der Waals surface area contributed by atoms with Crippen LogP contribution in [0.3, 0.4) is 0 Å². The molecule has 0 aliphatic heterocycles. The lowest BCUT2D eigenvalue weighted by molar-refractivity contribution is -0.257. The number of alkyl halides is 3. The summed E-state index contributed by atoms with van der Waals surface area (Å²) in [5.74, 6) is -1.01. The summed E-state index contributed by atoms with van der Waals surface area (Å²) in [4.78, 5) is 12.6. The molecule has 2 bridgehead atoms. The van der Waals surface area contributed by atoms with Gasteiger partial charge in [0.2, 0.25) is 0 Å². The van der Waals surface area contributed by atoms with Crippen molar-refractivity contribution in [3.8, 4) is 0 Å². The summed E-state index contributed by atoms with van der Waals surface area (Å²) in [5.41, 5.74) is -4.33. The van der Waals surface area contributed by atoms with Gasteiger partial charge in [-0.15, -0.1) is 0 Å². The van der Waals surface area contributed by atoms with Crippen molar-refractivity contribution in [1.82, 2.24) is 5.32 Å². The number of rotatable bonds is 3. The Morgan fingerprint density at radius 3 is 2.24 bits per heavy atom. The Kier molecular flexibility index (Phi) is 3.99. The van der Waals surface area contributed by atoms with E-state index in [-0.39, 0.29) is 16.9 Å². The molecule has 25 heavy (non-hydrogen) atoms. The molecule has 0 aromatic heterocycles. The van der Waals surface area contributed by atoms with Crippen molar-refractivity contribution < 1.29 is 23.1 Å².